The fourth-order valence-corrected chi connectivity index (χ4v) is 5.05. The first kappa shape index (κ1) is 18.2. The van der Waals surface area contributed by atoms with Crippen LogP contribution in [0.15, 0.2) is 29.1 Å². The van der Waals surface area contributed by atoms with Gasteiger partial charge in [-0.15, -0.1) is 11.3 Å². The van der Waals surface area contributed by atoms with E-state index in [0.717, 1.165) is 48.4 Å². The largest absolute Gasteiger partial charge is 0.378 e. The molecule has 2 aromatic heterocycles. The lowest BCUT2D eigenvalue weighted by Crippen LogP contribution is -2.25. The molecule has 1 aliphatic carbocycles. The maximum Gasteiger partial charge on any atom is 0.259 e. The van der Waals surface area contributed by atoms with Gasteiger partial charge in [0, 0.05) is 31.2 Å². The molecule has 0 aliphatic heterocycles. The molecule has 27 heavy (non-hydrogen) atoms. The molecule has 5 nitrogen and oxygen atoms in total. The average Bonchev–Trinajstić information content (AvgIpc) is 3.22. The number of anilines is 1. The number of benzene rings is 1. The molecule has 0 fully saturated rings. The van der Waals surface area contributed by atoms with Crippen molar-refractivity contribution in [2.24, 2.45) is 0 Å². The van der Waals surface area contributed by atoms with Crippen molar-refractivity contribution in [2.75, 3.05) is 25.5 Å². The van der Waals surface area contributed by atoms with Crippen LogP contribution in [0.4, 0.5) is 5.69 Å². The van der Waals surface area contributed by atoms with Crippen LogP contribution < -0.4 is 10.5 Å². The molecular weight excluding hydrogens is 356 g/mol. The fraction of sp³-hybridized carbons (Fsp3) is 0.429. The van der Waals surface area contributed by atoms with Gasteiger partial charge in [0.25, 0.3) is 5.56 Å². The van der Waals surface area contributed by atoms with Crippen LogP contribution in [0.3, 0.4) is 0 Å². The Kier molecular flexibility index (Phi) is 5.02. The lowest BCUT2D eigenvalue weighted by Gasteiger charge is -2.20. The Morgan fingerprint density at radius 1 is 1.15 bits per heavy atom. The Morgan fingerprint density at radius 2 is 1.93 bits per heavy atom. The monoisotopic (exact) mass is 382 g/mol. The number of nitrogens with one attached hydrogen (secondary N) is 1. The number of nitrogens with zero attached hydrogens (tertiary/aromatic N) is 3. The summed E-state index contributed by atoms with van der Waals surface area (Å²) in [5.41, 5.74) is 3.73. The lowest BCUT2D eigenvalue weighted by molar-refractivity contribution is 0.264. The van der Waals surface area contributed by atoms with E-state index >= 15 is 0 Å². The van der Waals surface area contributed by atoms with Crippen LogP contribution in [0.5, 0.6) is 0 Å². The number of aromatic amines is 1. The SMILES string of the molecule is CCN(Cc1ccc(N(C)C)cc1)Cc1nc2sc3c(c2c(=O)[nH]1)CCC3. The van der Waals surface area contributed by atoms with Crippen LogP contribution in [-0.2, 0) is 25.9 Å². The van der Waals surface area contributed by atoms with Crippen molar-refractivity contribution in [3.63, 3.8) is 0 Å². The third kappa shape index (κ3) is 3.64. The zero-order chi connectivity index (χ0) is 19.0. The third-order valence-corrected chi connectivity index (χ3v) is 6.49. The maximum atomic E-state index is 12.6. The fourth-order valence-electron chi connectivity index (χ4n) is 3.77. The highest BCUT2D eigenvalue weighted by atomic mass is 32.1. The maximum absolute atomic E-state index is 12.6. The van der Waals surface area contributed by atoms with Gasteiger partial charge in [-0.2, -0.15) is 0 Å². The van der Waals surface area contributed by atoms with Crippen LogP contribution in [-0.4, -0.2) is 35.5 Å². The van der Waals surface area contributed by atoms with E-state index in [-0.39, 0.29) is 5.56 Å². The van der Waals surface area contributed by atoms with E-state index in [1.165, 1.54) is 21.7 Å². The van der Waals surface area contributed by atoms with Crippen LogP contribution >= 0.6 is 11.3 Å². The van der Waals surface area contributed by atoms with Gasteiger partial charge in [-0.1, -0.05) is 19.1 Å². The van der Waals surface area contributed by atoms with Crippen LogP contribution in [0.25, 0.3) is 10.2 Å². The summed E-state index contributed by atoms with van der Waals surface area (Å²) in [5.74, 6) is 0.763. The van der Waals surface area contributed by atoms with Crippen LogP contribution in [0, 0.1) is 0 Å². The zero-order valence-electron chi connectivity index (χ0n) is 16.2. The van der Waals surface area contributed by atoms with Crippen molar-refractivity contribution in [1.82, 2.24) is 14.9 Å². The number of rotatable bonds is 6. The summed E-state index contributed by atoms with van der Waals surface area (Å²) in [4.78, 5) is 27.1. The van der Waals surface area contributed by atoms with Crippen molar-refractivity contribution >= 4 is 27.2 Å². The standard InChI is InChI=1S/C21H26N4OS/c1-4-25(12-14-8-10-15(11-9-14)24(2)3)13-18-22-20(26)19-16-6-5-7-17(16)27-21(19)23-18/h8-11H,4-7,12-13H2,1-3H3,(H,22,23,26). The second-order valence-corrected chi connectivity index (χ2v) is 8.50. The van der Waals surface area contributed by atoms with E-state index in [9.17, 15) is 4.79 Å². The summed E-state index contributed by atoms with van der Waals surface area (Å²) in [6, 6.07) is 8.62. The second-order valence-electron chi connectivity index (χ2n) is 7.41. The molecule has 2 heterocycles. The van der Waals surface area contributed by atoms with E-state index < -0.39 is 0 Å². The van der Waals surface area contributed by atoms with Gasteiger partial charge < -0.3 is 9.88 Å². The molecule has 142 valence electrons. The van der Waals surface area contributed by atoms with Gasteiger partial charge in [-0.3, -0.25) is 9.69 Å². The molecule has 0 unspecified atom stereocenters. The zero-order valence-corrected chi connectivity index (χ0v) is 17.0. The predicted molar refractivity (Wildman–Crippen MR) is 113 cm³/mol. The lowest BCUT2D eigenvalue weighted by atomic mass is 10.2. The smallest absolute Gasteiger partial charge is 0.259 e. The number of H-pyrrole nitrogens is 1. The molecule has 1 aromatic carbocycles. The number of hydrogen-bond donors (Lipinski definition) is 1. The van der Waals surface area contributed by atoms with E-state index in [0.29, 0.717) is 6.54 Å². The molecule has 4 rings (SSSR count). The van der Waals surface area contributed by atoms with Crippen molar-refractivity contribution in [3.8, 4) is 0 Å². The van der Waals surface area contributed by atoms with E-state index in [2.05, 4.69) is 46.0 Å². The minimum absolute atomic E-state index is 0.0285. The summed E-state index contributed by atoms with van der Waals surface area (Å²) < 4.78 is 0. The molecule has 0 atom stereocenters. The van der Waals surface area contributed by atoms with Gasteiger partial charge in [0.05, 0.1) is 11.9 Å². The van der Waals surface area contributed by atoms with Gasteiger partial charge in [0.15, 0.2) is 0 Å². The first-order valence-corrected chi connectivity index (χ1v) is 10.4. The molecule has 3 aromatic rings. The van der Waals surface area contributed by atoms with Crippen molar-refractivity contribution < 1.29 is 0 Å². The molecule has 1 N–H and O–H groups in total. The predicted octanol–water partition coefficient (Wildman–Crippen LogP) is 3.56. The van der Waals surface area contributed by atoms with Crippen LogP contribution in [0.1, 0.15) is 35.2 Å². The molecule has 0 spiro atoms. The minimum Gasteiger partial charge on any atom is -0.378 e. The number of aryl methyl sites for hydroxylation is 2. The number of fused-ring (bicyclic) bond motifs is 3. The van der Waals surface area contributed by atoms with Gasteiger partial charge in [0.1, 0.15) is 10.7 Å². The molecule has 0 bridgehead atoms. The van der Waals surface area contributed by atoms with Crippen molar-refractivity contribution in [2.45, 2.75) is 39.3 Å². The number of hydrogen-bond acceptors (Lipinski definition) is 5. The minimum atomic E-state index is 0.0285. The Bertz CT molecular complexity index is 1000. The van der Waals surface area contributed by atoms with Crippen molar-refractivity contribution in [1.29, 1.82) is 0 Å². The highest BCUT2D eigenvalue weighted by Gasteiger charge is 2.21. The molecule has 0 radical (unpaired) electrons. The molecule has 0 saturated carbocycles. The molecule has 1 aliphatic rings. The number of aromatic nitrogens is 2. The summed E-state index contributed by atoms with van der Waals surface area (Å²) in [6.45, 7) is 4.54. The summed E-state index contributed by atoms with van der Waals surface area (Å²) >= 11 is 1.70. The highest BCUT2D eigenvalue weighted by molar-refractivity contribution is 7.18. The average molecular weight is 383 g/mol. The van der Waals surface area contributed by atoms with Gasteiger partial charge in [0.2, 0.25) is 0 Å². The summed E-state index contributed by atoms with van der Waals surface area (Å²) in [7, 11) is 4.10. The van der Waals surface area contributed by atoms with Gasteiger partial charge >= 0.3 is 0 Å². The highest BCUT2D eigenvalue weighted by Crippen LogP contribution is 2.34. The Morgan fingerprint density at radius 3 is 2.63 bits per heavy atom. The van der Waals surface area contributed by atoms with E-state index in [4.69, 9.17) is 4.98 Å². The molecule has 0 amide bonds. The molecular formula is C21H26N4OS. The van der Waals surface area contributed by atoms with Crippen LogP contribution in [0.2, 0.25) is 0 Å². The van der Waals surface area contributed by atoms with Gasteiger partial charge in [-0.25, -0.2) is 4.98 Å². The Labute approximate surface area is 163 Å². The van der Waals surface area contributed by atoms with E-state index in [1.54, 1.807) is 11.3 Å². The Balaban J connectivity index is 1.53. The summed E-state index contributed by atoms with van der Waals surface area (Å²) in [6.07, 6.45) is 3.27. The second kappa shape index (κ2) is 7.44. The van der Waals surface area contributed by atoms with Crippen molar-refractivity contribution in [3.05, 3.63) is 56.4 Å². The first-order valence-electron chi connectivity index (χ1n) is 9.57. The molecule has 0 saturated heterocycles. The van der Waals surface area contributed by atoms with E-state index in [1.807, 2.05) is 14.1 Å². The third-order valence-electron chi connectivity index (χ3n) is 5.30. The van der Waals surface area contributed by atoms with Gasteiger partial charge in [-0.05, 0) is 49.1 Å². The number of thiophene rings is 1. The topological polar surface area (TPSA) is 52.2 Å². The first-order chi connectivity index (χ1) is 13.0. The normalized spacial score (nSPS) is 13.5. The summed E-state index contributed by atoms with van der Waals surface area (Å²) in [5, 5.41) is 0.832. The molecule has 6 heteroatoms. The quantitative estimate of drug-likeness (QED) is 0.708. The Hall–Kier alpha value is -2.18.